The van der Waals surface area contributed by atoms with Crippen LogP contribution in [-0.4, -0.2) is 42.6 Å². The highest BCUT2D eigenvalue weighted by molar-refractivity contribution is 5.88. The maximum absolute atomic E-state index is 6.06. The second-order valence-corrected chi connectivity index (χ2v) is 7.87. The number of nitrogens with one attached hydrogen (secondary N) is 1. The Morgan fingerprint density at radius 2 is 2.03 bits per heavy atom. The van der Waals surface area contributed by atoms with Gasteiger partial charge in [0.15, 0.2) is 5.65 Å². The van der Waals surface area contributed by atoms with Gasteiger partial charge in [0.25, 0.3) is 0 Å². The van der Waals surface area contributed by atoms with Crippen LogP contribution in [0.4, 0.5) is 5.82 Å². The third-order valence-corrected chi connectivity index (χ3v) is 5.77. The van der Waals surface area contributed by atoms with Crippen LogP contribution in [0.25, 0.3) is 33.3 Å². The quantitative estimate of drug-likeness (QED) is 0.473. The van der Waals surface area contributed by atoms with Gasteiger partial charge in [-0.05, 0) is 36.8 Å². The first-order valence-corrected chi connectivity index (χ1v) is 10.3. The number of aromatic nitrogens is 6. The van der Waals surface area contributed by atoms with Gasteiger partial charge in [0, 0.05) is 38.5 Å². The maximum Gasteiger partial charge on any atom is 0.177 e. The van der Waals surface area contributed by atoms with Gasteiger partial charge in [-0.15, -0.1) is 0 Å². The molecule has 0 fully saturated rings. The highest BCUT2D eigenvalue weighted by Gasteiger charge is 2.20. The molecule has 31 heavy (non-hydrogen) atoms. The summed E-state index contributed by atoms with van der Waals surface area (Å²) in [5, 5.41) is 1.05. The second-order valence-electron chi connectivity index (χ2n) is 7.87. The van der Waals surface area contributed by atoms with Gasteiger partial charge in [0.2, 0.25) is 0 Å². The van der Waals surface area contributed by atoms with Gasteiger partial charge in [-0.1, -0.05) is 6.07 Å². The molecule has 1 aliphatic heterocycles. The number of fused-ring (bicyclic) bond motifs is 3. The van der Waals surface area contributed by atoms with E-state index in [0.29, 0.717) is 13.2 Å². The smallest absolute Gasteiger partial charge is 0.177 e. The van der Waals surface area contributed by atoms with E-state index in [9.17, 15) is 0 Å². The summed E-state index contributed by atoms with van der Waals surface area (Å²) in [5.41, 5.74) is 5.87. The Balaban J connectivity index is 0.00000216. The normalized spacial score (nSPS) is 13.9. The summed E-state index contributed by atoms with van der Waals surface area (Å²) >= 11 is 0. The fourth-order valence-corrected chi connectivity index (χ4v) is 4.25. The van der Waals surface area contributed by atoms with Crippen molar-refractivity contribution in [3.63, 3.8) is 0 Å². The molecule has 5 heterocycles. The zero-order valence-electron chi connectivity index (χ0n) is 17.3. The number of rotatable bonds is 2. The largest absolute Gasteiger partial charge is 0.491 e. The molecule has 0 amide bonds. The van der Waals surface area contributed by atoms with Gasteiger partial charge in [-0.25, -0.2) is 19.9 Å². The van der Waals surface area contributed by atoms with Crippen LogP contribution >= 0.6 is 0 Å². The minimum atomic E-state index is 0. The lowest BCUT2D eigenvalue weighted by Gasteiger charge is -2.21. The molecule has 0 aliphatic carbocycles. The molecule has 0 saturated heterocycles. The van der Waals surface area contributed by atoms with E-state index in [1.54, 1.807) is 6.33 Å². The van der Waals surface area contributed by atoms with E-state index < -0.39 is 0 Å². The zero-order valence-corrected chi connectivity index (χ0v) is 17.3. The van der Waals surface area contributed by atoms with E-state index in [4.69, 9.17) is 4.74 Å². The molecule has 6 rings (SSSR count). The molecule has 1 aliphatic rings. The molecular weight excluding hydrogens is 390 g/mol. The topological polar surface area (TPSA) is 84.8 Å². The minimum absolute atomic E-state index is 0. The van der Waals surface area contributed by atoms with Crippen molar-refractivity contribution in [2.75, 3.05) is 18.1 Å². The molecule has 0 saturated carbocycles. The molecule has 0 radical (unpaired) electrons. The molecular formula is C23H23N7O. The fraction of sp³-hybridized carbons (Fsp3) is 0.217. The van der Waals surface area contributed by atoms with Crippen LogP contribution < -0.4 is 9.64 Å². The lowest BCUT2D eigenvalue weighted by atomic mass is 10.0. The molecule has 0 unspecified atom stereocenters. The number of nitrogens with zero attached hydrogens (tertiary/aromatic N) is 6. The van der Waals surface area contributed by atoms with Gasteiger partial charge in [-0.2, -0.15) is 0 Å². The average molecular weight is 413 g/mol. The van der Waals surface area contributed by atoms with Gasteiger partial charge in [-0.3, -0.25) is 0 Å². The van der Waals surface area contributed by atoms with Crippen molar-refractivity contribution >= 4 is 28.0 Å². The van der Waals surface area contributed by atoms with Gasteiger partial charge in [0.05, 0.1) is 17.4 Å². The SMILES string of the molecule is Cc1nc2ncc(-c3ccc4c(c3)CN(c3ncnc5c3ccn5C)CCO4)cc2[nH]1.[HH]. The fourth-order valence-electron chi connectivity index (χ4n) is 4.25. The first kappa shape index (κ1) is 17.9. The Bertz CT molecular complexity index is 1440. The van der Waals surface area contributed by atoms with E-state index >= 15 is 0 Å². The van der Waals surface area contributed by atoms with Crippen molar-refractivity contribution in [2.24, 2.45) is 7.05 Å². The highest BCUT2D eigenvalue weighted by atomic mass is 16.5. The number of hydrogen-bond acceptors (Lipinski definition) is 6. The van der Waals surface area contributed by atoms with Crippen molar-refractivity contribution in [1.82, 2.24) is 29.5 Å². The molecule has 0 spiro atoms. The van der Waals surface area contributed by atoms with E-state index in [-0.39, 0.29) is 1.43 Å². The van der Waals surface area contributed by atoms with E-state index in [0.717, 1.165) is 62.8 Å². The summed E-state index contributed by atoms with van der Waals surface area (Å²) in [5.74, 6) is 2.71. The predicted molar refractivity (Wildman–Crippen MR) is 121 cm³/mol. The van der Waals surface area contributed by atoms with Crippen LogP contribution in [-0.2, 0) is 13.6 Å². The second kappa shape index (κ2) is 6.80. The number of aromatic amines is 1. The number of aryl methyl sites for hydroxylation is 2. The Hall–Kier alpha value is -3.94. The molecule has 156 valence electrons. The lowest BCUT2D eigenvalue weighted by molar-refractivity contribution is 0.331. The van der Waals surface area contributed by atoms with Gasteiger partial charge < -0.3 is 19.2 Å². The minimum Gasteiger partial charge on any atom is -0.491 e. The number of pyridine rings is 1. The Labute approximate surface area is 180 Å². The van der Waals surface area contributed by atoms with Crippen LogP contribution in [0.5, 0.6) is 5.75 Å². The summed E-state index contributed by atoms with van der Waals surface area (Å²) in [6.45, 7) is 4.01. The van der Waals surface area contributed by atoms with Gasteiger partial charge >= 0.3 is 0 Å². The monoisotopic (exact) mass is 413 g/mol. The Morgan fingerprint density at radius 3 is 2.97 bits per heavy atom. The first-order valence-electron chi connectivity index (χ1n) is 10.3. The van der Waals surface area contributed by atoms with Crippen molar-refractivity contribution in [2.45, 2.75) is 13.5 Å². The van der Waals surface area contributed by atoms with Crippen molar-refractivity contribution < 1.29 is 6.16 Å². The lowest BCUT2D eigenvalue weighted by Crippen LogP contribution is -2.26. The van der Waals surface area contributed by atoms with Crippen LogP contribution in [0.2, 0.25) is 0 Å². The van der Waals surface area contributed by atoms with Crippen LogP contribution in [0.3, 0.4) is 0 Å². The van der Waals surface area contributed by atoms with Crippen molar-refractivity contribution in [1.29, 1.82) is 0 Å². The summed E-state index contributed by atoms with van der Waals surface area (Å²) in [7, 11) is 2.00. The summed E-state index contributed by atoms with van der Waals surface area (Å²) < 4.78 is 8.07. The number of benzene rings is 1. The maximum atomic E-state index is 6.06. The third kappa shape index (κ3) is 2.99. The molecule has 5 aromatic rings. The predicted octanol–water partition coefficient (Wildman–Crippen LogP) is 3.86. The zero-order chi connectivity index (χ0) is 20.9. The molecule has 0 atom stereocenters. The average Bonchev–Trinajstić information content (AvgIpc) is 3.26. The standard InChI is InChI=1S/C23H21N7O.H2/c1-14-27-19-10-16(11-24-21(19)28-14)15-3-4-20-17(9-15)12-30(7-8-31-20)23-18-5-6-29(2)22(18)25-13-26-23;/h3-6,9-11,13H,7-8,12H2,1-2H3,(H,24,27,28);1H. The number of hydrogen-bond donors (Lipinski definition) is 1. The van der Waals surface area contributed by atoms with E-state index in [2.05, 4.69) is 60.2 Å². The Morgan fingerprint density at radius 1 is 1.10 bits per heavy atom. The van der Waals surface area contributed by atoms with Crippen molar-refractivity contribution in [3.05, 3.63) is 60.4 Å². The first-order chi connectivity index (χ1) is 15.2. The molecule has 1 aromatic carbocycles. The summed E-state index contributed by atoms with van der Waals surface area (Å²) in [4.78, 5) is 23.5. The highest BCUT2D eigenvalue weighted by Crippen LogP contribution is 2.32. The van der Waals surface area contributed by atoms with Crippen LogP contribution in [0, 0.1) is 6.92 Å². The van der Waals surface area contributed by atoms with Crippen LogP contribution in [0.15, 0.2) is 49.1 Å². The Kier molecular flexibility index (Phi) is 3.92. The molecule has 0 bridgehead atoms. The van der Waals surface area contributed by atoms with Crippen LogP contribution in [0.1, 0.15) is 12.8 Å². The molecule has 4 aromatic heterocycles. The number of imidazole rings is 1. The third-order valence-electron chi connectivity index (χ3n) is 5.77. The summed E-state index contributed by atoms with van der Waals surface area (Å²) in [6.07, 6.45) is 5.52. The van der Waals surface area contributed by atoms with E-state index in [1.807, 2.05) is 30.9 Å². The molecule has 8 heteroatoms. The molecule has 1 N–H and O–H groups in total. The van der Waals surface area contributed by atoms with E-state index in [1.165, 1.54) is 0 Å². The number of H-pyrrole nitrogens is 1. The van der Waals surface area contributed by atoms with Gasteiger partial charge in [0.1, 0.15) is 36.0 Å². The molecule has 8 nitrogen and oxygen atoms in total. The number of anilines is 1. The number of ether oxygens (including phenoxy) is 1. The summed E-state index contributed by atoms with van der Waals surface area (Å²) in [6, 6.07) is 10.5. The van der Waals surface area contributed by atoms with Crippen molar-refractivity contribution in [3.8, 4) is 16.9 Å².